The first-order chi connectivity index (χ1) is 19.2. The van der Waals surface area contributed by atoms with Crippen LogP contribution in [0.4, 0.5) is 5.69 Å². The molecular formula is C34H24N4S. The fourth-order valence-corrected chi connectivity index (χ4v) is 6.30. The van der Waals surface area contributed by atoms with E-state index < -0.39 is 0 Å². The molecule has 2 heterocycles. The van der Waals surface area contributed by atoms with Gasteiger partial charge in [-0.05, 0) is 47.2 Å². The third-order valence-electron chi connectivity index (χ3n) is 7.14. The SMILES string of the molecule is N=C(c1ccccc1)N(C(=N)c1ccccc1)c1cccc(-n2c3ccccc3c3c4sccc4ccc32)c1. The van der Waals surface area contributed by atoms with E-state index in [2.05, 4.69) is 64.5 Å². The number of amidine groups is 2. The number of thiophene rings is 1. The summed E-state index contributed by atoms with van der Waals surface area (Å²) in [6.07, 6.45) is 0. The molecule has 186 valence electrons. The van der Waals surface area contributed by atoms with Crippen LogP contribution in [0.3, 0.4) is 0 Å². The lowest BCUT2D eigenvalue weighted by Crippen LogP contribution is -2.37. The van der Waals surface area contributed by atoms with E-state index in [0.29, 0.717) is 0 Å². The van der Waals surface area contributed by atoms with E-state index in [9.17, 15) is 0 Å². The Bertz CT molecular complexity index is 1950. The zero-order chi connectivity index (χ0) is 26.3. The minimum atomic E-state index is 0.254. The van der Waals surface area contributed by atoms with Crippen molar-refractivity contribution in [3.63, 3.8) is 0 Å². The van der Waals surface area contributed by atoms with E-state index in [1.54, 1.807) is 16.2 Å². The lowest BCUT2D eigenvalue weighted by Gasteiger charge is -2.27. The van der Waals surface area contributed by atoms with Gasteiger partial charge in [-0.2, -0.15) is 0 Å². The smallest absolute Gasteiger partial charge is 0.138 e. The fraction of sp³-hybridized carbons (Fsp3) is 0. The number of fused-ring (bicyclic) bond motifs is 5. The normalized spacial score (nSPS) is 11.3. The van der Waals surface area contributed by atoms with Gasteiger partial charge >= 0.3 is 0 Å². The molecule has 0 amide bonds. The van der Waals surface area contributed by atoms with Crippen LogP contribution in [0.5, 0.6) is 0 Å². The highest BCUT2D eigenvalue weighted by atomic mass is 32.1. The van der Waals surface area contributed by atoms with E-state index in [4.69, 9.17) is 10.8 Å². The first kappa shape index (κ1) is 23.1. The maximum Gasteiger partial charge on any atom is 0.138 e. The highest BCUT2D eigenvalue weighted by molar-refractivity contribution is 7.18. The van der Waals surface area contributed by atoms with Crippen molar-refractivity contribution in [2.45, 2.75) is 0 Å². The minimum absolute atomic E-state index is 0.254. The Morgan fingerprint density at radius 1 is 0.615 bits per heavy atom. The van der Waals surface area contributed by atoms with Crippen LogP contribution in [0.2, 0.25) is 0 Å². The number of nitrogens with one attached hydrogen (secondary N) is 2. The molecule has 5 aromatic carbocycles. The van der Waals surface area contributed by atoms with Gasteiger partial charge in [-0.25, -0.2) is 0 Å². The van der Waals surface area contributed by atoms with Crippen molar-refractivity contribution >= 4 is 60.6 Å². The summed E-state index contributed by atoms with van der Waals surface area (Å²) in [5.41, 5.74) is 5.53. The molecule has 0 saturated carbocycles. The molecular weight excluding hydrogens is 496 g/mol. The zero-order valence-corrected chi connectivity index (χ0v) is 21.8. The topological polar surface area (TPSA) is 55.9 Å². The van der Waals surface area contributed by atoms with Gasteiger partial charge in [0.1, 0.15) is 11.7 Å². The molecule has 0 fully saturated rings. The summed E-state index contributed by atoms with van der Waals surface area (Å²) in [5, 5.41) is 24.2. The number of rotatable bonds is 4. The first-order valence-corrected chi connectivity index (χ1v) is 13.7. The Balaban J connectivity index is 1.44. The Labute approximate surface area is 230 Å². The molecule has 0 aliphatic rings. The molecule has 0 aliphatic heterocycles. The van der Waals surface area contributed by atoms with Gasteiger partial charge in [0.15, 0.2) is 0 Å². The number of aromatic nitrogens is 1. The molecule has 5 heteroatoms. The number of hydrogen-bond donors (Lipinski definition) is 2. The lowest BCUT2D eigenvalue weighted by atomic mass is 10.1. The molecule has 0 bridgehead atoms. The first-order valence-electron chi connectivity index (χ1n) is 12.8. The minimum Gasteiger partial charge on any atom is -0.309 e. The molecule has 0 saturated heterocycles. The summed E-state index contributed by atoms with van der Waals surface area (Å²) in [4.78, 5) is 1.72. The molecule has 7 rings (SSSR count). The highest BCUT2D eigenvalue weighted by Gasteiger charge is 2.22. The van der Waals surface area contributed by atoms with Gasteiger partial charge in [-0.1, -0.05) is 91.0 Å². The Hall–Kier alpha value is -5.00. The molecule has 0 aliphatic carbocycles. The Kier molecular flexibility index (Phi) is 5.57. The van der Waals surface area contributed by atoms with E-state index in [1.807, 2.05) is 72.8 Å². The van der Waals surface area contributed by atoms with Crippen molar-refractivity contribution in [3.05, 3.63) is 144 Å². The number of nitrogens with zero attached hydrogens (tertiary/aromatic N) is 2. The van der Waals surface area contributed by atoms with Gasteiger partial charge in [0, 0.05) is 32.3 Å². The second-order valence-electron chi connectivity index (χ2n) is 9.44. The Morgan fingerprint density at radius 3 is 2.00 bits per heavy atom. The number of benzene rings is 5. The van der Waals surface area contributed by atoms with Crippen LogP contribution in [0.15, 0.2) is 133 Å². The van der Waals surface area contributed by atoms with Gasteiger partial charge in [0.05, 0.1) is 16.7 Å². The van der Waals surface area contributed by atoms with Crippen LogP contribution >= 0.6 is 11.3 Å². The van der Waals surface area contributed by atoms with E-state index in [-0.39, 0.29) is 11.7 Å². The molecule has 0 atom stereocenters. The molecule has 2 N–H and O–H groups in total. The van der Waals surface area contributed by atoms with Crippen molar-refractivity contribution in [2.24, 2.45) is 0 Å². The van der Waals surface area contributed by atoms with E-state index in [1.165, 1.54) is 20.9 Å². The van der Waals surface area contributed by atoms with Crippen molar-refractivity contribution < 1.29 is 0 Å². The van der Waals surface area contributed by atoms with E-state index in [0.717, 1.165) is 33.5 Å². The second-order valence-corrected chi connectivity index (χ2v) is 10.4. The quantitative estimate of drug-likeness (QED) is 0.177. The molecule has 2 aromatic heterocycles. The van der Waals surface area contributed by atoms with Gasteiger partial charge in [-0.3, -0.25) is 15.7 Å². The predicted octanol–water partition coefficient (Wildman–Crippen LogP) is 8.86. The molecule has 7 aromatic rings. The van der Waals surface area contributed by atoms with Gasteiger partial charge in [0.2, 0.25) is 0 Å². The number of anilines is 1. The fourth-order valence-electron chi connectivity index (χ4n) is 5.35. The zero-order valence-electron chi connectivity index (χ0n) is 21.0. The standard InChI is InChI=1S/C34H24N4S/c35-33(24-10-3-1-4-11-24)38(34(36)25-12-5-2-6-13-25)27-15-9-14-26(22-27)37-29-17-8-7-16-28(29)31-30(37)19-18-23-20-21-39-32(23)31/h1-22,35-36H. The number of para-hydroxylation sites is 1. The van der Waals surface area contributed by atoms with Crippen molar-refractivity contribution in [1.82, 2.24) is 4.57 Å². The monoisotopic (exact) mass is 520 g/mol. The molecule has 4 nitrogen and oxygen atoms in total. The third-order valence-corrected chi connectivity index (χ3v) is 8.09. The molecule has 0 radical (unpaired) electrons. The summed E-state index contributed by atoms with van der Waals surface area (Å²) in [6, 6.07) is 42.5. The Morgan fingerprint density at radius 2 is 1.28 bits per heavy atom. The van der Waals surface area contributed by atoms with Gasteiger partial charge < -0.3 is 4.57 Å². The maximum atomic E-state index is 9.16. The van der Waals surface area contributed by atoms with Crippen LogP contribution in [0, 0.1) is 10.8 Å². The lowest BCUT2D eigenvalue weighted by molar-refractivity contribution is 1.17. The third kappa shape index (κ3) is 3.83. The summed E-state index contributed by atoms with van der Waals surface area (Å²) < 4.78 is 3.58. The van der Waals surface area contributed by atoms with Crippen LogP contribution in [0.25, 0.3) is 37.6 Å². The van der Waals surface area contributed by atoms with Crippen LogP contribution in [0.1, 0.15) is 11.1 Å². The summed E-state index contributed by atoms with van der Waals surface area (Å²) >= 11 is 1.77. The largest absolute Gasteiger partial charge is 0.309 e. The van der Waals surface area contributed by atoms with Gasteiger partial charge in [0.25, 0.3) is 0 Å². The van der Waals surface area contributed by atoms with Crippen molar-refractivity contribution in [3.8, 4) is 5.69 Å². The second kappa shape index (κ2) is 9.39. The summed E-state index contributed by atoms with van der Waals surface area (Å²) in [6.45, 7) is 0. The number of hydrogen-bond acceptors (Lipinski definition) is 3. The molecule has 0 spiro atoms. The molecule has 39 heavy (non-hydrogen) atoms. The average Bonchev–Trinajstić information content (AvgIpc) is 3.61. The predicted molar refractivity (Wildman–Crippen MR) is 165 cm³/mol. The maximum absolute atomic E-state index is 9.16. The van der Waals surface area contributed by atoms with Gasteiger partial charge in [-0.15, -0.1) is 11.3 Å². The van der Waals surface area contributed by atoms with E-state index >= 15 is 0 Å². The molecule has 0 unspecified atom stereocenters. The van der Waals surface area contributed by atoms with Crippen LogP contribution < -0.4 is 4.90 Å². The van der Waals surface area contributed by atoms with Crippen molar-refractivity contribution in [2.75, 3.05) is 4.90 Å². The van der Waals surface area contributed by atoms with Crippen molar-refractivity contribution in [1.29, 1.82) is 10.8 Å². The average molecular weight is 521 g/mol. The van der Waals surface area contributed by atoms with Crippen LogP contribution in [-0.2, 0) is 0 Å². The summed E-state index contributed by atoms with van der Waals surface area (Å²) in [7, 11) is 0. The summed E-state index contributed by atoms with van der Waals surface area (Å²) in [5.74, 6) is 0.508. The van der Waals surface area contributed by atoms with Crippen LogP contribution in [-0.4, -0.2) is 16.2 Å². The highest BCUT2D eigenvalue weighted by Crippen LogP contribution is 2.39.